The first kappa shape index (κ1) is 13.8. The van der Waals surface area contributed by atoms with Crippen molar-refractivity contribution in [2.24, 2.45) is 0 Å². The molecule has 2 aromatic rings. The van der Waals surface area contributed by atoms with Crippen LogP contribution in [0.2, 0.25) is 5.02 Å². The van der Waals surface area contributed by atoms with E-state index in [1.165, 1.54) is 18.2 Å². The molecule has 0 spiro atoms. The molecule has 1 aromatic heterocycles. The summed E-state index contributed by atoms with van der Waals surface area (Å²) in [5, 5.41) is 18.4. The lowest BCUT2D eigenvalue weighted by Crippen LogP contribution is -2.02. The molecule has 0 unspecified atom stereocenters. The van der Waals surface area contributed by atoms with Gasteiger partial charge in [0.15, 0.2) is 0 Å². The van der Waals surface area contributed by atoms with Gasteiger partial charge in [-0.25, -0.2) is 9.78 Å². The van der Waals surface area contributed by atoms with Gasteiger partial charge in [-0.05, 0) is 37.3 Å². The molecule has 100 valence electrons. The maximum Gasteiger partial charge on any atom is 0.339 e. The Bertz CT molecular complexity index is 723. The Morgan fingerprint density at radius 3 is 2.80 bits per heavy atom. The van der Waals surface area contributed by atoms with Crippen molar-refractivity contribution in [1.82, 2.24) is 4.98 Å². The molecule has 0 atom stereocenters. The molecule has 0 saturated heterocycles. The molecule has 5 nitrogen and oxygen atoms in total. The van der Waals surface area contributed by atoms with Crippen molar-refractivity contribution in [3.63, 3.8) is 0 Å². The van der Waals surface area contributed by atoms with Crippen molar-refractivity contribution in [2.75, 3.05) is 0 Å². The SMILES string of the molecule is Cc1ccc(C#N)c(Oc2ccc(Cl)cc2C(=O)O)n1. The van der Waals surface area contributed by atoms with E-state index in [4.69, 9.17) is 26.7 Å². The highest BCUT2D eigenvalue weighted by molar-refractivity contribution is 6.31. The van der Waals surface area contributed by atoms with Crippen LogP contribution >= 0.6 is 11.6 Å². The molecule has 0 bridgehead atoms. The maximum atomic E-state index is 11.2. The number of pyridine rings is 1. The summed E-state index contributed by atoms with van der Waals surface area (Å²) in [6.45, 7) is 1.74. The minimum atomic E-state index is -1.17. The molecular weight excluding hydrogens is 280 g/mol. The fraction of sp³-hybridized carbons (Fsp3) is 0.0714. The van der Waals surface area contributed by atoms with Gasteiger partial charge in [-0.15, -0.1) is 0 Å². The van der Waals surface area contributed by atoms with Crippen LogP contribution < -0.4 is 4.74 Å². The predicted octanol–water partition coefficient (Wildman–Crippen LogP) is 3.41. The Labute approximate surface area is 120 Å². The highest BCUT2D eigenvalue weighted by atomic mass is 35.5. The molecule has 1 heterocycles. The molecule has 0 aliphatic rings. The van der Waals surface area contributed by atoms with Crippen molar-refractivity contribution in [3.05, 3.63) is 52.2 Å². The van der Waals surface area contributed by atoms with Gasteiger partial charge in [-0.2, -0.15) is 5.26 Å². The summed E-state index contributed by atoms with van der Waals surface area (Å²) in [6.07, 6.45) is 0. The molecule has 0 radical (unpaired) electrons. The average Bonchev–Trinajstić information content (AvgIpc) is 2.41. The zero-order chi connectivity index (χ0) is 14.7. The van der Waals surface area contributed by atoms with Crippen LogP contribution in [0.5, 0.6) is 11.6 Å². The number of rotatable bonds is 3. The molecule has 1 aromatic carbocycles. The van der Waals surface area contributed by atoms with E-state index in [0.717, 1.165) is 0 Å². The van der Waals surface area contributed by atoms with E-state index < -0.39 is 5.97 Å². The molecular formula is C14H9ClN2O3. The number of nitriles is 1. The van der Waals surface area contributed by atoms with Crippen LogP contribution in [0.3, 0.4) is 0 Å². The number of carboxylic acid groups (broad SMARTS) is 1. The van der Waals surface area contributed by atoms with Crippen LogP contribution in [0.25, 0.3) is 0 Å². The number of nitrogens with zero attached hydrogens (tertiary/aromatic N) is 2. The number of carboxylic acids is 1. The van der Waals surface area contributed by atoms with Crippen LogP contribution in [-0.4, -0.2) is 16.1 Å². The van der Waals surface area contributed by atoms with Gasteiger partial charge in [0.25, 0.3) is 0 Å². The van der Waals surface area contributed by atoms with Crippen molar-refractivity contribution in [1.29, 1.82) is 5.26 Å². The third kappa shape index (κ3) is 2.87. The molecule has 20 heavy (non-hydrogen) atoms. The Hall–Kier alpha value is -2.58. The quantitative estimate of drug-likeness (QED) is 0.935. The lowest BCUT2D eigenvalue weighted by molar-refractivity contribution is 0.0694. The number of aryl methyl sites for hydroxylation is 1. The summed E-state index contributed by atoms with van der Waals surface area (Å²) in [7, 11) is 0. The Morgan fingerprint density at radius 1 is 1.40 bits per heavy atom. The van der Waals surface area contributed by atoms with E-state index in [1.54, 1.807) is 19.1 Å². The van der Waals surface area contributed by atoms with E-state index in [0.29, 0.717) is 5.69 Å². The zero-order valence-corrected chi connectivity index (χ0v) is 11.2. The second-order valence-electron chi connectivity index (χ2n) is 3.96. The van der Waals surface area contributed by atoms with Crippen LogP contribution in [0.4, 0.5) is 0 Å². The van der Waals surface area contributed by atoms with Crippen molar-refractivity contribution in [3.8, 4) is 17.7 Å². The molecule has 6 heteroatoms. The third-order valence-electron chi connectivity index (χ3n) is 2.50. The van der Waals surface area contributed by atoms with Crippen molar-refractivity contribution in [2.45, 2.75) is 6.92 Å². The standard InChI is InChI=1S/C14H9ClN2O3/c1-8-2-3-9(7-16)13(17-8)20-12-5-4-10(15)6-11(12)14(18)19/h2-6H,1H3,(H,18,19). The predicted molar refractivity (Wildman–Crippen MR) is 72.2 cm³/mol. The molecule has 0 fully saturated rings. The largest absolute Gasteiger partial charge is 0.478 e. The first-order valence-electron chi connectivity index (χ1n) is 5.59. The van der Waals surface area contributed by atoms with Gasteiger partial charge in [0.05, 0.1) is 0 Å². The van der Waals surface area contributed by atoms with Crippen molar-refractivity contribution >= 4 is 17.6 Å². The second-order valence-corrected chi connectivity index (χ2v) is 4.40. The van der Waals surface area contributed by atoms with E-state index in [9.17, 15) is 4.79 Å². The van der Waals surface area contributed by atoms with Crippen LogP contribution in [0.15, 0.2) is 30.3 Å². The van der Waals surface area contributed by atoms with Gasteiger partial charge in [0.2, 0.25) is 5.88 Å². The number of benzene rings is 1. The van der Waals surface area contributed by atoms with Gasteiger partial charge >= 0.3 is 5.97 Å². The fourth-order valence-electron chi connectivity index (χ4n) is 1.56. The second kappa shape index (κ2) is 5.59. The highest BCUT2D eigenvalue weighted by Gasteiger charge is 2.15. The van der Waals surface area contributed by atoms with E-state index >= 15 is 0 Å². The summed E-state index contributed by atoms with van der Waals surface area (Å²) < 4.78 is 5.46. The van der Waals surface area contributed by atoms with Crippen LogP contribution in [-0.2, 0) is 0 Å². The summed E-state index contributed by atoms with van der Waals surface area (Å²) in [5.41, 5.74) is 0.788. The van der Waals surface area contributed by atoms with Gasteiger partial charge in [-0.3, -0.25) is 0 Å². The summed E-state index contributed by atoms with van der Waals surface area (Å²) in [4.78, 5) is 15.3. The van der Waals surface area contributed by atoms with E-state index in [1.807, 2.05) is 6.07 Å². The first-order valence-corrected chi connectivity index (χ1v) is 5.97. The molecule has 0 aliphatic heterocycles. The van der Waals surface area contributed by atoms with E-state index in [2.05, 4.69) is 4.98 Å². The smallest absolute Gasteiger partial charge is 0.339 e. The number of aromatic nitrogens is 1. The number of halogens is 1. The number of carbonyl (C=O) groups is 1. The third-order valence-corrected chi connectivity index (χ3v) is 2.73. The van der Waals surface area contributed by atoms with Crippen LogP contribution in [0, 0.1) is 18.3 Å². The van der Waals surface area contributed by atoms with Gasteiger partial charge in [0.1, 0.15) is 22.9 Å². The topological polar surface area (TPSA) is 83.2 Å². The minimum Gasteiger partial charge on any atom is -0.478 e. The maximum absolute atomic E-state index is 11.2. The van der Waals surface area contributed by atoms with Crippen LogP contribution in [0.1, 0.15) is 21.6 Å². The molecule has 1 N–H and O–H groups in total. The Morgan fingerprint density at radius 2 is 2.15 bits per heavy atom. The molecule has 0 amide bonds. The number of aromatic carboxylic acids is 1. The molecule has 0 aliphatic carbocycles. The summed E-state index contributed by atoms with van der Waals surface area (Å²) >= 11 is 5.76. The minimum absolute atomic E-state index is 0.0670. The van der Waals surface area contributed by atoms with Crippen molar-refractivity contribution < 1.29 is 14.6 Å². The molecule has 0 saturated carbocycles. The lowest BCUT2D eigenvalue weighted by Gasteiger charge is -2.09. The summed E-state index contributed by atoms with van der Waals surface area (Å²) in [5.74, 6) is -1.03. The normalized spacial score (nSPS) is 9.85. The zero-order valence-electron chi connectivity index (χ0n) is 10.4. The van der Waals surface area contributed by atoms with Gasteiger partial charge < -0.3 is 9.84 Å². The monoisotopic (exact) mass is 288 g/mol. The average molecular weight is 289 g/mol. The fourth-order valence-corrected chi connectivity index (χ4v) is 1.73. The number of ether oxygens (including phenoxy) is 1. The van der Waals surface area contributed by atoms with Gasteiger partial charge in [-0.1, -0.05) is 11.6 Å². The number of hydrogen-bond acceptors (Lipinski definition) is 4. The molecule has 2 rings (SSSR count). The summed E-state index contributed by atoms with van der Waals surface area (Å²) in [6, 6.07) is 9.39. The Balaban J connectivity index is 2.48. The lowest BCUT2D eigenvalue weighted by atomic mass is 10.2. The first-order chi connectivity index (χ1) is 9.51. The highest BCUT2D eigenvalue weighted by Crippen LogP contribution is 2.28. The Kier molecular flexibility index (Phi) is 3.87. The number of hydrogen-bond donors (Lipinski definition) is 1. The van der Waals surface area contributed by atoms with E-state index in [-0.39, 0.29) is 27.8 Å². The van der Waals surface area contributed by atoms with Gasteiger partial charge in [0, 0.05) is 10.7 Å².